The van der Waals surface area contributed by atoms with E-state index in [-0.39, 0.29) is 40.2 Å². The minimum Gasteiger partial charge on any atom is -0.484 e. The molecule has 0 radical (unpaired) electrons. The normalized spacial score (nSPS) is 10.8. The van der Waals surface area contributed by atoms with Crippen LogP contribution in [-0.2, 0) is 20.2 Å². The lowest BCUT2D eigenvalue weighted by molar-refractivity contribution is -0.384. The molecule has 0 aliphatic rings. The first-order valence-electron chi connectivity index (χ1n) is 11.0. The Balaban J connectivity index is 1.44. The van der Waals surface area contributed by atoms with Gasteiger partial charge in [0.05, 0.1) is 39.4 Å². The van der Waals surface area contributed by atoms with Crippen LogP contribution < -0.4 is 15.4 Å². The molecule has 4 rings (SSSR count). The predicted molar refractivity (Wildman–Crippen MR) is 133 cm³/mol. The topological polar surface area (TPSA) is 159 Å². The number of amides is 2. The Labute approximate surface area is 215 Å². The number of halogens is 1. The van der Waals surface area contributed by atoms with Crippen LogP contribution in [0.2, 0.25) is 5.02 Å². The van der Waals surface area contributed by atoms with Crippen molar-refractivity contribution >= 4 is 40.5 Å². The van der Waals surface area contributed by atoms with E-state index in [4.69, 9.17) is 20.8 Å². The third kappa shape index (κ3) is 5.46. The predicted octanol–water partition coefficient (Wildman–Crippen LogP) is 4.18. The van der Waals surface area contributed by atoms with E-state index in [1.807, 2.05) is 13.8 Å². The van der Waals surface area contributed by atoms with Gasteiger partial charge in [0.1, 0.15) is 23.8 Å². The number of non-ortho nitro benzene ring substituents is 1. The average Bonchev–Trinajstić information content (AvgIpc) is 3.58. The molecule has 0 aliphatic carbocycles. The first kappa shape index (κ1) is 25.4. The number of nitrogens with zero attached hydrogens (tertiary/aromatic N) is 5. The molecule has 4 aromatic rings. The zero-order valence-corrected chi connectivity index (χ0v) is 20.8. The first-order chi connectivity index (χ1) is 17.7. The summed E-state index contributed by atoms with van der Waals surface area (Å²) in [6, 6.07) is 6.82. The lowest BCUT2D eigenvalue weighted by atomic mass is 10.3. The summed E-state index contributed by atoms with van der Waals surface area (Å²) >= 11 is 6.03. The number of ether oxygens (including phenoxy) is 1. The minimum absolute atomic E-state index is 0.0212. The Morgan fingerprint density at radius 1 is 1.14 bits per heavy atom. The van der Waals surface area contributed by atoms with Crippen LogP contribution in [-0.4, -0.2) is 36.3 Å². The van der Waals surface area contributed by atoms with E-state index in [1.54, 1.807) is 17.8 Å². The van der Waals surface area contributed by atoms with Crippen LogP contribution in [0.3, 0.4) is 0 Å². The molecule has 13 nitrogen and oxygen atoms in total. The quantitative estimate of drug-likeness (QED) is 0.242. The second-order valence-electron chi connectivity index (χ2n) is 7.82. The molecule has 0 spiro atoms. The van der Waals surface area contributed by atoms with Crippen molar-refractivity contribution in [1.29, 1.82) is 0 Å². The highest BCUT2D eigenvalue weighted by Crippen LogP contribution is 2.29. The fraction of sp³-hybridized carbons (Fsp3) is 0.217. The first-order valence-corrected chi connectivity index (χ1v) is 11.4. The van der Waals surface area contributed by atoms with Gasteiger partial charge >= 0.3 is 0 Å². The third-order valence-corrected chi connectivity index (χ3v) is 5.76. The van der Waals surface area contributed by atoms with Crippen LogP contribution in [0.4, 0.5) is 17.1 Å². The summed E-state index contributed by atoms with van der Waals surface area (Å²) in [7, 11) is 1.76. The Morgan fingerprint density at radius 3 is 2.51 bits per heavy atom. The van der Waals surface area contributed by atoms with E-state index in [2.05, 4.69) is 20.8 Å². The molecule has 2 amide bonds. The van der Waals surface area contributed by atoms with Crippen molar-refractivity contribution in [3.05, 3.63) is 80.8 Å². The van der Waals surface area contributed by atoms with Crippen molar-refractivity contribution < 1.29 is 23.7 Å². The molecule has 0 saturated carbocycles. The van der Waals surface area contributed by atoms with Gasteiger partial charge in [0.25, 0.3) is 17.5 Å². The highest BCUT2D eigenvalue weighted by atomic mass is 35.5. The van der Waals surface area contributed by atoms with E-state index >= 15 is 0 Å². The molecule has 0 unspecified atom stereocenters. The molecular formula is C23H22ClN7O6. The summed E-state index contributed by atoms with van der Waals surface area (Å²) in [5.41, 5.74) is 1.52. The van der Waals surface area contributed by atoms with Gasteiger partial charge in [-0.1, -0.05) is 11.6 Å². The van der Waals surface area contributed by atoms with Crippen molar-refractivity contribution in [2.45, 2.75) is 27.0 Å². The summed E-state index contributed by atoms with van der Waals surface area (Å²) in [4.78, 5) is 36.1. The number of carbonyl (C=O) groups is 2. The number of benzene rings is 1. The Bertz CT molecular complexity index is 1490. The molecule has 0 saturated heterocycles. The van der Waals surface area contributed by atoms with Gasteiger partial charge in [0, 0.05) is 25.7 Å². The molecule has 3 heterocycles. The summed E-state index contributed by atoms with van der Waals surface area (Å²) < 4.78 is 14.2. The van der Waals surface area contributed by atoms with Gasteiger partial charge in [-0.25, -0.2) is 0 Å². The zero-order valence-electron chi connectivity index (χ0n) is 20.0. The number of hydrogen-bond donors (Lipinski definition) is 2. The molecule has 14 heteroatoms. The smallest absolute Gasteiger partial charge is 0.291 e. The Hall–Kier alpha value is -4.65. The number of carbonyl (C=O) groups excluding carboxylic acids is 2. The molecule has 37 heavy (non-hydrogen) atoms. The van der Waals surface area contributed by atoms with Crippen LogP contribution >= 0.6 is 11.6 Å². The van der Waals surface area contributed by atoms with Crippen LogP contribution in [0.5, 0.6) is 5.75 Å². The average molecular weight is 528 g/mol. The van der Waals surface area contributed by atoms with E-state index in [1.165, 1.54) is 41.3 Å². The van der Waals surface area contributed by atoms with E-state index in [9.17, 15) is 19.7 Å². The number of rotatable bonds is 9. The highest BCUT2D eigenvalue weighted by molar-refractivity contribution is 6.32. The molecule has 1 aromatic carbocycles. The second kappa shape index (κ2) is 10.5. The summed E-state index contributed by atoms with van der Waals surface area (Å²) in [6.45, 7) is 3.96. The van der Waals surface area contributed by atoms with Crippen LogP contribution in [0.25, 0.3) is 0 Å². The van der Waals surface area contributed by atoms with Gasteiger partial charge < -0.3 is 19.8 Å². The summed E-state index contributed by atoms with van der Waals surface area (Å²) in [5, 5.41) is 24.6. The lowest BCUT2D eigenvalue weighted by Gasteiger charge is -2.09. The molecule has 0 aliphatic heterocycles. The number of furan rings is 1. The zero-order chi connectivity index (χ0) is 26.7. The molecule has 192 valence electrons. The largest absolute Gasteiger partial charge is 0.484 e. The van der Waals surface area contributed by atoms with Gasteiger partial charge in [-0.05, 0) is 32.0 Å². The van der Waals surface area contributed by atoms with Crippen LogP contribution in [0.1, 0.15) is 39.4 Å². The van der Waals surface area contributed by atoms with Gasteiger partial charge in [0.15, 0.2) is 5.76 Å². The van der Waals surface area contributed by atoms with Crippen molar-refractivity contribution in [2.24, 2.45) is 7.05 Å². The lowest BCUT2D eigenvalue weighted by Crippen LogP contribution is -2.21. The number of nitrogens with one attached hydrogen (secondary N) is 2. The van der Waals surface area contributed by atoms with Gasteiger partial charge in [-0.3, -0.25) is 29.1 Å². The summed E-state index contributed by atoms with van der Waals surface area (Å²) in [5.74, 6) is -0.539. The Kier molecular flexibility index (Phi) is 7.25. The SMILES string of the molecule is CCn1ncc(NC(=O)c2ccc(COc3ccc([N+](=O)[O-])cc3Cl)o2)c1C(=O)Nc1cnn(C)c1C. The number of nitro benzene ring substituents is 1. The number of nitro groups is 1. The maximum Gasteiger partial charge on any atom is 0.291 e. The number of aryl methyl sites for hydroxylation is 2. The second-order valence-corrected chi connectivity index (χ2v) is 8.23. The van der Waals surface area contributed by atoms with E-state index in [0.29, 0.717) is 18.0 Å². The van der Waals surface area contributed by atoms with E-state index < -0.39 is 16.7 Å². The fourth-order valence-corrected chi connectivity index (χ4v) is 3.62. The van der Waals surface area contributed by atoms with Crippen molar-refractivity contribution in [3.8, 4) is 5.75 Å². The molecule has 0 fully saturated rings. The molecule has 0 atom stereocenters. The van der Waals surface area contributed by atoms with Crippen LogP contribution in [0, 0.1) is 17.0 Å². The monoisotopic (exact) mass is 527 g/mol. The standard InChI is InChI=1S/C23H22ClN7O6/c1-4-30-21(23(33)27-17-10-25-29(3)13(17)2)18(11-26-30)28-22(32)20-8-6-15(37-20)12-36-19-7-5-14(31(34)35)9-16(19)24/h5-11H,4,12H2,1-3H3,(H,27,33)(H,28,32). The number of aromatic nitrogens is 4. The maximum absolute atomic E-state index is 13.0. The van der Waals surface area contributed by atoms with Crippen molar-refractivity contribution in [1.82, 2.24) is 19.6 Å². The van der Waals surface area contributed by atoms with Crippen molar-refractivity contribution in [2.75, 3.05) is 10.6 Å². The Morgan fingerprint density at radius 2 is 1.86 bits per heavy atom. The van der Waals surface area contributed by atoms with Gasteiger partial charge in [-0.15, -0.1) is 0 Å². The molecule has 3 aromatic heterocycles. The third-order valence-electron chi connectivity index (χ3n) is 5.47. The summed E-state index contributed by atoms with van der Waals surface area (Å²) in [6.07, 6.45) is 2.92. The molecule has 0 bridgehead atoms. The molecule has 2 N–H and O–H groups in total. The van der Waals surface area contributed by atoms with Gasteiger partial charge in [-0.2, -0.15) is 10.2 Å². The van der Waals surface area contributed by atoms with Gasteiger partial charge in [0.2, 0.25) is 0 Å². The highest BCUT2D eigenvalue weighted by Gasteiger charge is 2.23. The number of anilines is 2. The fourth-order valence-electron chi connectivity index (χ4n) is 3.39. The number of hydrogen-bond acceptors (Lipinski definition) is 8. The van der Waals surface area contributed by atoms with E-state index in [0.717, 1.165) is 5.69 Å². The van der Waals surface area contributed by atoms with Crippen LogP contribution in [0.15, 0.2) is 47.1 Å². The minimum atomic E-state index is -0.595. The van der Waals surface area contributed by atoms with Crippen molar-refractivity contribution in [3.63, 3.8) is 0 Å². The maximum atomic E-state index is 13.0. The molecular weight excluding hydrogens is 506 g/mol.